The highest BCUT2D eigenvalue weighted by Crippen LogP contribution is 2.47. The summed E-state index contributed by atoms with van der Waals surface area (Å²) in [6, 6.07) is 45.5. The summed E-state index contributed by atoms with van der Waals surface area (Å²) in [5.74, 6) is 2.78. The SMILES string of the molecule is c1ccc(N2c3cc4c(cc3B3Sc5ccccc5-c5cccc2c53)B2Oc3ccccc3-c3cccc(c32)O4)cc1. The van der Waals surface area contributed by atoms with Crippen molar-refractivity contribution in [2.45, 2.75) is 4.90 Å². The molecule has 6 heteroatoms. The van der Waals surface area contributed by atoms with Crippen molar-refractivity contribution in [3.8, 4) is 39.5 Å². The van der Waals surface area contributed by atoms with E-state index in [0.29, 0.717) is 0 Å². The van der Waals surface area contributed by atoms with Crippen LogP contribution in [-0.2, 0) is 0 Å². The molecule has 0 saturated heterocycles. The second-order valence-electron chi connectivity index (χ2n) is 11.2. The van der Waals surface area contributed by atoms with E-state index >= 15 is 0 Å². The topological polar surface area (TPSA) is 21.7 Å². The van der Waals surface area contributed by atoms with Gasteiger partial charge in [-0.3, -0.25) is 0 Å². The van der Waals surface area contributed by atoms with Crippen LogP contribution in [-0.4, -0.2) is 12.9 Å². The molecular weight excluding hydrogens is 532 g/mol. The third-order valence-electron chi connectivity index (χ3n) is 8.96. The molecule has 0 unspecified atom stereocenters. The van der Waals surface area contributed by atoms with Gasteiger partial charge in [0.15, 0.2) is 0 Å². The third-order valence-corrected chi connectivity index (χ3v) is 10.3. The minimum absolute atomic E-state index is 0.152. The third kappa shape index (κ3) is 3.00. The van der Waals surface area contributed by atoms with Gasteiger partial charge < -0.3 is 14.3 Å². The van der Waals surface area contributed by atoms with Gasteiger partial charge in [0.1, 0.15) is 17.2 Å². The van der Waals surface area contributed by atoms with Gasteiger partial charge >= 0.3 is 6.92 Å². The first-order valence-corrected chi connectivity index (χ1v) is 15.2. The minimum Gasteiger partial charge on any atom is -0.551 e. The van der Waals surface area contributed by atoms with Gasteiger partial charge in [0.05, 0.1) is 0 Å². The maximum Gasteiger partial charge on any atom is 0.434 e. The van der Waals surface area contributed by atoms with Gasteiger partial charge in [-0.1, -0.05) is 84.9 Å². The average molecular weight is 553 g/mol. The van der Waals surface area contributed by atoms with Crippen molar-refractivity contribution in [1.82, 2.24) is 0 Å². The Labute approximate surface area is 248 Å². The van der Waals surface area contributed by atoms with Gasteiger partial charge in [0.2, 0.25) is 0 Å². The zero-order valence-electron chi connectivity index (χ0n) is 22.5. The lowest BCUT2D eigenvalue weighted by Crippen LogP contribution is -2.57. The van der Waals surface area contributed by atoms with E-state index in [1.807, 2.05) is 17.7 Å². The predicted molar refractivity (Wildman–Crippen MR) is 175 cm³/mol. The molecule has 0 fully saturated rings. The van der Waals surface area contributed by atoms with Crippen molar-refractivity contribution >= 4 is 63.4 Å². The number of hydrogen-bond donors (Lipinski definition) is 0. The quantitative estimate of drug-likeness (QED) is 0.214. The van der Waals surface area contributed by atoms with Crippen molar-refractivity contribution in [2.24, 2.45) is 0 Å². The molecule has 0 spiro atoms. The van der Waals surface area contributed by atoms with E-state index in [1.165, 1.54) is 38.2 Å². The Bertz CT molecular complexity index is 2110. The summed E-state index contributed by atoms with van der Waals surface area (Å²) in [5.41, 5.74) is 13.3. The van der Waals surface area contributed by atoms with Crippen LogP contribution in [0.1, 0.15) is 0 Å². The van der Waals surface area contributed by atoms with Gasteiger partial charge in [0, 0.05) is 44.5 Å². The lowest BCUT2D eigenvalue weighted by Gasteiger charge is -2.41. The molecule has 42 heavy (non-hydrogen) atoms. The monoisotopic (exact) mass is 553 g/mol. The van der Waals surface area contributed by atoms with Gasteiger partial charge in [-0.2, -0.15) is 11.6 Å². The molecule has 3 nitrogen and oxygen atoms in total. The number of nitrogens with zero attached hydrogens (tertiary/aromatic N) is 1. The highest BCUT2D eigenvalue weighted by molar-refractivity contribution is 8.28. The maximum absolute atomic E-state index is 6.80. The fourth-order valence-electron chi connectivity index (χ4n) is 7.19. The van der Waals surface area contributed by atoms with E-state index in [9.17, 15) is 0 Å². The minimum atomic E-state index is -0.233. The smallest absolute Gasteiger partial charge is 0.434 e. The lowest BCUT2D eigenvalue weighted by atomic mass is 9.48. The standard InChI is InChI=1S/C36H21B2NO2S/c1-2-10-22(11-3-1)39-29-16-8-14-26-24-13-5-7-19-34(24)42-38(35(26)29)27-20-28-33(21-30(27)39)40-32-18-9-15-25-23-12-4-6-17-31(23)41-37(28)36(25)32/h1-21H. The first kappa shape index (κ1) is 22.8. The molecule has 6 aromatic rings. The largest absolute Gasteiger partial charge is 0.551 e. The van der Waals surface area contributed by atoms with Gasteiger partial charge in [0.25, 0.3) is 5.99 Å². The molecule has 6 aromatic carbocycles. The molecule has 0 saturated carbocycles. The lowest BCUT2D eigenvalue weighted by molar-refractivity contribution is 0.479. The first-order chi connectivity index (χ1) is 20.8. The van der Waals surface area contributed by atoms with E-state index in [0.717, 1.165) is 45.1 Å². The highest BCUT2D eigenvalue weighted by Gasteiger charge is 2.45. The van der Waals surface area contributed by atoms with Crippen LogP contribution >= 0.6 is 11.6 Å². The molecule has 0 bridgehead atoms. The molecule has 4 aliphatic heterocycles. The van der Waals surface area contributed by atoms with Crippen molar-refractivity contribution < 1.29 is 9.39 Å². The average Bonchev–Trinajstić information content (AvgIpc) is 3.05. The summed E-state index contributed by atoms with van der Waals surface area (Å²) in [6.07, 6.45) is 0. The van der Waals surface area contributed by atoms with Gasteiger partial charge in [-0.15, -0.1) is 0 Å². The number of fused-ring (bicyclic) bond motifs is 8. The van der Waals surface area contributed by atoms with Crippen LogP contribution in [0, 0.1) is 0 Å². The Hall–Kier alpha value is -4.80. The molecule has 4 aliphatic rings. The van der Waals surface area contributed by atoms with Crippen molar-refractivity contribution in [2.75, 3.05) is 4.90 Å². The number of anilines is 3. The number of para-hydroxylation sites is 2. The van der Waals surface area contributed by atoms with E-state index in [1.54, 1.807) is 0 Å². The molecule has 0 aliphatic carbocycles. The van der Waals surface area contributed by atoms with E-state index in [2.05, 4.69) is 126 Å². The second-order valence-corrected chi connectivity index (χ2v) is 12.3. The normalized spacial score (nSPS) is 14.3. The Morgan fingerprint density at radius 2 is 1.24 bits per heavy atom. The van der Waals surface area contributed by atoms with Crippen LogP contribution < -0.4 is 36.1 Å². The summed E-state index contributed by atoms with van der Waals surface area (Å²) in [6.45, 7) is -0.233. The zero-order valence-corrected chi connectivity index (χ0v) is 23.3. The molecule has 0 atom stereocenters. The molecule has 0 amide bonds. The summed E-state index contributed by atoms with van der Waals surface area (Å²) in [5, 5.41) is 0. The molecule has 194 valence electrons. The van der Waals surface area contributed by atoms with Crippen molar-refractivity contribution in [3.63, 3.8) is 0 Å². The van der Waals surface area contributed by atoms with E-state index < -0.39 is 0 Å². The Kier molecular flexibility index (Phi) is 4.55. The van der Waals surface area contributed by atoms with Crippen molar-refractivity contribution in [1.29, 1.82) is 0 Å². The van der Waals surface area contributed by atoms with Crippen LogP contribution in [0.3, 0.4) is 0 Å². The fraction of sp³-hybridized carbons (Fsp3) is 0. The number of rotatable bonds is 1. The number of hydrogen-bond acceptors (Lipinski definition) is 4. The maximum atomic E-state index is 6.80. The Morgan fingerprint density at radius 3 is 2.14 bits per heavy atom. The zero-order chi connectivity index (χ0) is 27.4. The van der Waals surface area contributed by atoms with E-state index in [-0.39, 0.29) is 12.9 Å². The molecule has 0 radical (unpaired) electrons. The number of ether oxygens (including phenoxy) is 1. The molecule has 10 rings (SSSR count). The van der Waals surface area contributed by atoms with Crippen LogP contribution in [0.15, 0.2) is 132 Å². The fourth-order valence-corrected chi connectivity index (χ4v) is 8.59. The van der Waals surface area contributed by atoms with Crippen LogP contribution in [0.5, 0.6) is 17.2 Å². The van der Waals surface area contributed by atoms with Crippen molar-refractivity contribution in [3.05, 3.63) is 127 Å². The predicted octanol–water partition coefficient (Wildman–Crippen LogP) is 6.62. The van der Waals surface area contributed by atoms with Crippen LogP contribution in [0.4, 0.5) is 17.1 Å². The van der Waals surface area contributed by atoms with Gasteiger partial charge in [-0.05, 0) is 64.0 Å². The summed E-state index contributed by atoms with van der Waals surface area (Å²) in [7, 11) is 0. The van der Waals surface area contributed by atoms with Gasteiger partial charge in [-0.25, -0.2) is 0 Å². The molecule has 4 heterocycles. The highest BCUT2D eigenvalue weighted by atomic mass is 32.2. The molecule has 0 N–H and O–H groups in total. The molecule has 0 aromatic heterocycles. The summed E-state index contributed by atoms with van der Waals surface area (Å²) in [4.78, 5) is 3.72. The first-order valence-electron chi connectivity index (χ1n) is 14.3. The van der Waals surface area contributed by atoms with E-state index in [4.69, 9.17) is 9.39 Å². The Balaban J connectivity index is 1.24. The number of benzene rings is 6. The molecular formula is C36H21B2NO2S. The summed E-state index contributed by atoms with van der Waals surface area (Å²) >= 11 is 1.95. The second kappa shape index (κ2) is 8.37. The Morgan fingerprint density at radius 1 is 0.524 bits per heavy atom. The summed E-state index contributed by atoms with van der Waals surface area (Å²) < 4.78 is 13.5. The van der Waals surface area contributed by atoms with Crippen LogP contribution in [0.2, 0.25) is 0 Å². The van der Waals surface area contributed by atoms with Crippen LogP contribution in [0.25, 0.3) is 22.3 Å².